The van der Waals surface area contributed by atoms with Crippen LogP contribution in [0, 0.1) is 27.9 Å². The molecule has 4 fully saturated rings. The molecule has 2 N–H and O–H groups in total. The Balaban J connectivity index is 1.33. The second-order valence-corrected chi connectivity index (χ2v) is 9.78. The second kappa shape index (κ2) is 7.58. The Hall–Kier alpha value is -2.18. The molecular weight excluding hydrogens is 366 g/mol. The standard InChI is InChI=1S/C22H31N5O2/c28-27(29)19-20(23-7-6-15-4-2-1-3-5-15)24-14-25-21(19)26-22-11-16-8-17(12-22)10-18(9-16)13-22/h4,14,16-18H,1-3,5-13H2,(H2,23,24,25,26). The average molecular weight is 398 g/mol. The molecule has 0 saturated heterocycles. The number of nitrogens with one attached hydrogen (secondary N) is 2. The van der Waals surface area contributed by atoms with Crippen LogP contribution in [0.2, 0.25) is 0 Å². The van der Waals surface area contributed by atoms with E-state index in [0.29, 0.717) is 18.2 Å². The maximum absolute atomic E-state index is 11.9. The van der Waals surface area contributed by atoms with E-state index in [1.54, 1.807) is 0 Å². The van der Waals surface area contributed by atoms with Crippen molar-refractivity contribution in [2.45, 2.75) is 76.2 Å². The van der Waals surface area contributed by atoms with E-state index in [2.05, 4.69) is 26.7 Å². The summed E-state index contributed by atoms with van der Waals surface area (Å²) >= 11 is 0. The van der Waals surface area contributed by atoms with E-state index in [-0.39, 0.29) is 16.1 Å². The van der Waals surface area contributed by atoms with Gasteiger partial charge in [-0.05, 0) is 88.4 Å². The molecule has 1 aromatic rings. The lowest BCUT2D eigenvalue weighted by Gasteiger charge is -2.57. The topological polar surface area (TPSA) is 93.0 Å². The van der Waals surface area contributed by atoms with Crippen molar-refractivity contribution in [2.75, 3.05) is 17.2 Å². The monoisotopic (exact) mass is 397 g/mol. The summed E-state index contributed by atoms with van der Waals surface area (Å²) < 4.78 is 0. The highest BCUT2D eigenvalue weighted by molar-refractivity contribution is 5.70. The molecule has 4 saturated carbocycles. The predicted molar refractivity (Wildman–Crippen MR) is 113 cm³/mol. The molecule has 0 amide bonds. The number of aromatic nitrogens is 2. The van der Waals surface area contributed by atoms with Crippen LogP contribution in [0.4, 0.5) is 17.3 Å². The number of hydrogen-bond donors (Lipinski definition) is 2. The quantitative estimate of drug-likeness (QED) is 0.379. The molecule has 0 spiro atoms. The largest absolute Gasteiger partial charge is 0.364 e. The highest BCUT2D eigenvalue weighted by Gasteiger charge is 2.51. The van der Waals surface area contributed by atoms with Crippen LogP contribution in [0.25, 0.3) is 0 Å². The molecule has 7 nitrogen and oxygen atoms in total. The average Bonchev–Trinajstić information content (AvgIpc) is 2.67. The van der Waals surface area contributed by atoms with Crippen LogP contribution in [0.5, 0.6) is 0 Å². The van der Waals surface area contributed by atoms with Crippen molar-refractivity contribution < 1.29 is 4.92 Å². The normalized spacial score (nSPS) is 32.7. The van der Waals surface area contributed by atoms with Crippen molar-refractivity contribution in [2.24, 2.45) is 17.8 Å². The van der Waals surface area contributed by atoms with Gasteiger partial charge in [0.1, 0.15) is 6.33 Å². The minimum atomic E-state index is -0.328. The molecule has 1 heterocycles. The molecule has 0 radical (unpaired) electrons. The smallest absolute Gasteiger partial charge is 0.353 e. The third kappa shape index (κ3) is 3.83. The highest BCUT2D eigenvalue weighted by Crippen LogP contribution is 2.57. The van der Waals surface area contributed by atoms with Crippen molar-refractivity contribution >= 4 is 17.3 Å². The van der Waals surface area contributed by atoms with Gasteiger partial charge in [0, 0.05) is 12.1 Å². The molecule has 6 rings (SSSR count). The fourth-order valence-corrected chi connectivity index (χ4v) is 6.76. The third-order valence-corrected chi connectivity index (χ3v) is 7.55. The highest BCUT2D eigenvalue weighted by atomic mass is 16.6. The molecule has 0 atom stereocenters. The number of allylic oxidation sites excluding steroid dienone is 1. The summed E-state index contributed by atoms with van der Waals surface area (Å²) in [6.45, 7) is 0.667. The maximum atomic E-state index is 11.9. The van der Waals surface area contributed by atoms with Gasteiger partial charge in [-0.25, -0.2) is 9.97 Å². The van der Waals surface area contributed by atoms with Gasteiger partial charge in [-0.2, -0.15) is 0 Å². The Bertz CT molecular complexity index is 786. The van der Waals surface area contributed by atoms with Crippen molar-refractivity contribution in [1.82, 2.24) is 9.97 Å². The second-order valence-electron chi connectivity index (χ2n) is 9.78. The van der Waals surface area contributed by atoms with Crippen molar-refractivity contribution in [1.29, 1.82) is 0 Å². The molecule has 156 valence electrons. The fraction of sp³-hybridized carbons (Fsp3) is 0.727. The van der Waals surface area contributed by atoms with E-state index in [4.69, 9.17) is 0 Å². The van der Waals surface area contributed by atoms with Crippen LogP contribution in [0.15, 0.2) is 18.0 Å². The lowest BCUT2D eigenvalue weighted by atomic mass is 9.53. The Morgan fingerprint density at radius 2 is 1.76 bits per heavy atom. The maximum Gasteiger partial charge on any atom is 0.353 e. The summed E-state index contributed by atoms with van der Waals surface area (Å²) in [5.41, 5.74) is 1.44. The van der Waals surface area contributed by atoms with Crippen LogP contribution in [-0.4, -0.2) is 27.0 Å². The number of hydrogen-bond acceptors (Lipinski definition) is 6. The molecule has 5 aliphatic rings. The van der Waals surface area contributed by atoms with Crippen LogP contribution >= 0.6 is 0 Å². The number of nitro groups is 1. The summed E-state index contributed by atoms with van der Waals surface area (Å²) in [6.07, 6.45) is 16.9. The van der Waals surface area contributed by atoms with E-state index < -0.39 is 0 Å². The lowest BCUT2D eigenvalue weighted by Crippen LogP contribution is -2.55. The van der Waals surface area contributed by atoms with Crippen LogP contribution in [0.1, 0.15) is 70.6 Å². The van der Waals surface area contributed by atoms with E-state index in [0.717, 1.165) is 56.3 Å². The first-order valence-corrected chi connectivity index (χ1v) is 11.3. The lowest BCUT2D eigenvalue weighted by molar-refractivity contribution is -0.383. The SMILES string of the molecule is O=[N+]([O-])c1c(NCCC2=CCCCC2)ncnc1NC12CC3CC(CC(C3)C1)C2. The Kier molecular flexibility index (Phi) is 4.92. The third-order valence-electron chi connectivity index (χ3n) is 7.55. The zero-order valence-electron chi connectivity index (χ0n) is 17.0. The van der Waals surface area contributed by atoms with Gasteiger partial charge in [-0.15, -0.1) is 0 Å². The van der Waals surface area contributed by atoms with E-state index >= 15 is 0 Å². The molecule has 1 aromatic heterocycles. The molecule has 7 heteroatoms. The Labute approximate surface area is 171 Å². The first-order valence-electron chi connectivity index (χ1n) is 11.3. The van der Waals surface area contributed by atoms with Crippen molar-refractivity contribution in [3.63, 3.8) is 0 Å². The van der Waals surface area contributed by atoms with Crippen LogP contribution in [-0.2, 0) is 0 Å². The number of rotatable bonds is 7. The first-order chi connectivity index (χ1) is 14.1. The minimum Gasteiger partial charge on any atom is -0.364 e. The summed E-state index contributed by atoms with van der Waals surface area (Å²) in [4.78, 5) is 20.1. The molecule has 0 aromatic carbocycles. The van der Waals surface area contributed by atoms with E-state index in [1.807, 2.05) is 0 Å². The molecule has 0 unspecified atom stereocenters. The first kappa shape index (κ1) is 18.8. The van der Waals surface area contributed by atoms with Gasteiger partial charge >= 0.3 is 5.69 Å². The zero-order chi connectivity index (χ0) is 19.8. The number of nitrogens with zero attached hydrogens (tertiary/aromatic N) is 3. The molecular formula is C22H31N5O2. The van der Waals surface area contributed by atoms with Gasteiger partial charge in [0.25, 0.3) is 0 Å². The van der Waals surface area contributed by atoms with Gasteiger partial charge in [0.05, 0.1) is 4.92 Å². The van der Waals surface area contributed by atoms with Crippen LogP contribution in [0.3, 0.4) is 0 Å². The zero-order valence-corrected chi connectivity index (χ0v) is 17.0. The van der Waals surface area contributed by atoms with E-state index in [9.17, 15) is 10.1 Å². The van der Waals surface area contributed by atoms with Gasteiger partial charge in [-0.1, -0.05) is 11.6 Å². The molecule has 5 aliphatic carbocycles. The molecule has 4 bridgehead atoms. The van der Waals surface area contributed by atoms with Gasteiger partial charge in [-0.3, -0.25) is 10.1 Å². The van der Waals surface area contributed by atoms with Crippen molar-refractivity contribution in [3.8, 4) is 0 Å². The van der Waals surface area contributed by atoms with E-state index in [1.165, 1.54) is 44.0 Å². The molecule has 0 aliphatic heterocycles. The summed E-state index contributed by atoms with van der Waals surface area (Å²) in [7, 11) is 0. The summed E-state index contributed by atoms with van der Waals surface area (Å²) in [5.74, 6) is 3.06. The minimum absolute atomic E-state index is 0.000805. The summed E-state index contributed by atoms with van der Waals surface area (Å²) in [6, 6.07) is 0. The predicted octanol–water partition coefficient (Wildman–Crippen LogP) is 5.07. The Morgan fingerprint density at radius 1 is 1.07 bits per heavy atom. The van der Waals surface area contributed by atoms with Gasteiger partial charge < -0.3 is 10.6 Å². The summed E-state index contributed by atoms with van der Waals surface area (Å²) in [5, 5.41) is 18.7. The fourth-order valence-electron chi connectivity index (χ4n) is 6.76. The van der Waals surface area contributed by atoms with Crippen molar-refractivity contribution in [3.05, 3.63) is 28.1 Å². The van der Waals surface area contributed by atoms with Gasteiger partial charge in [0.2, 0.25) is 11.6 Å². The van der Waals surface area contributed by atoms with Gasteiger partial charge in [0.15, 0.2) is 0 Å². The van der Waals surface area contributed by atoms with Crippen LogP contribution < -0.4 is 10.6 Å². The molecule has 29 heavy (non-hydrogen) atoms. The Morgan fingerprint density at radius 3 is 2.38 bits per heavy atom. The number of anilines is 2.